The van der Waals surface area contributed by atoms with Gasteiger partial charge in [0, 0.05) is 29.6 Å². The number of hydrogen-bond donors (Lipinski definition) is 0. The zero-order chi connectivity index (χ0) is 11.2. The van der Waals surface area contributed by atoms with Gasteiger partial charge >= 0.3 is 0 Å². The molecule has 0 heterocycles. The van der Waals surface area contributed by atoms with Crippen molar-refractivity contribution >= 4 is 49.8 Å². The van der Waals surface area contributed by atoms with Crippen molar-refractivity contribution in [2.24, 2.45) is 0 Å². The van der Waals surface area contributed by atoms with Crippen LogP contribution in [0, 0.1) is 0 Å². The van der Waals surface area contributed by atoms with Crippen LogP contribution in [-0.2, 0) is 28.6 Å². The average molecular weight is 269 g/mol. The van der Waals surface area contributed by atoms with Crippen LogP contribution in [0.4, 0.5) is 0 Å². The van der Waals surface area contributed by atoms with Crippen molar-refractivity contribution in [1.29, 1.82) is 0 Å². The van der Waals surface area contributed by atoms with E-state index < -0.39 is 20.2 Å². The number of rotatable bonds is 7. The zero-order valence-corrected chi connectivity index (χ0v) is 12.7. The molecule has 0 aliphatic carbocycles. The van der Waals surface area contributed by atoms with Gasteiger partial charge in [0.2, 0.25) is 0 Å². The predicted octanol–water partition coefficient (Wildman–Crippen LogP) is -0.662. The molecule has 6 nitrogen and oxygen atoms in total. The second-order valence-electron chi connectivity index (χ2n) is 2.34. The van der Waals surface area contributed by atoms with Crippen LogP contribution in [0.25, 0.3) is 0 Å². The van der Waals surface area contributed by atoms with Crippen molar-refractivity contribution in [3.05, 3.63) is 0 Å². The molecule has 0 spiro atoms. The molecule has 0 saturated carbocycles. The van der Waals surface area contributed by atoms with Gasteiger partial charge in [0.1, 0.15) is 0 Å². The Balaban J connectivity index is 0. The van der Waals surface area contributed by atoms with Crippen LogP contribution in [-0.4, -0.2) is 71.1 Å². The summed E-state index contributed by atoms with van der Waals surface area (Å²) >= 11 is 0. The van der Waals surface area contributed by atoms with Gasteiger partial charge in [-0.25, -0.2) is 0 Å². The van der Waals surface area contributed by atoms with Crippen molar-refractivity contribution in [1.82, 2.24) is 0 Å². The minimum absolute atomic E-state index is 0. The molecule has 9 heteroatoms. The molecule has 0 unspecified atom stereocenters. The van der Waals surface area contributed by atoms with Crippen LogP contribution in [0.2, 0.25) is 0 Å². The fourth-order valence-corrected chi connectivity index (χ4v) is 1.47. The smallest absolute Gasteiger partial charge is 0.267 e. The first-order valence-electron chi connectivity index (χ1n) is 4.07. The third-order valence-corrected chi connectivity index (χ3v) is 3.78. The monoisotopic (exact) mass is 269 g/mol. The van der Waals surface area contributed by atoms with E-state index in [1.807, 2.05) is 0 Å². The standard InChI is InChI=1S/C6H14O6S2.Na/c1-3-13(7,8)11-5-6-12-14(9,10)4-2;/h3-6H2,1-2H3;. The minimum Gasteiger partial charge on any atom is -0.268 e. The average Bonchev–Trinajstić information content (AvgIpc) is 2.13. The predicted molar refractivity (Wildman–Crippen MR) is 56.6 cm³/mol. The molecule has 0 aliphatic rings. The Morgan fingerprint density at radius 3 is 1.27 bits per heavy atom. The van der Waals surface area contributed by atoms with Crippen molar-refractivity contribution in [3.63, 3.8) is 0 Å². The Kier molecular flexibility index (Phi) is 9.69. The van der Waals surface area contributed by atoms with Crippen LogP contribution >= 0.6 is 0 Å². The first kappa shape index (κ1) is 18.2. The molecule has 15 heavy (non-hydrogen) atoms. The van der Waals surface area contributed by atoms with Crippen molar-refractivity contribution < 1.29 is 25.2 Å². The Morgan fingerprint density at radius 1 is 0.800 bits per heavy atom. The molecule has 0 aliphatic heterocycles. The molecule has 0 fully saturated rings. The van der Waals surface area contributed by atoms with Gasteiger partial charge in [-0.15, -0.1) is 0 Å². The van der Waals surface area contributed by atoms with E-state index >= 15 is 0 Å². The van der Waals surface area contributed by atoms with Gasteiger partial charge in [0.25, 0.3) is 20.2 Å². The van der Waals surface area contributed by atoms with Crippen LogP contribution < -0.4 is 0 Å². The normalized spacial score (nSPS) is 12.1. The molecule has 0 aromatic carbocycles. The summed E-state index contributed by atoms with van der Waals surface area (Å²) in [5.41, 5.74) is 0. The van der Waals surface area contributed by atoms with Gasteiger partial charge in [0.15, 0.2) is 0 Å². The van der Waals surface area contributed by atoms with E-state index in [2.05, 4.69) is 8.37 Å². The fourth-order valence-electron chi connectivity index (χ4n) is 0.489. The van der Waals surface area contributed by atoms with E-state index in [0.29, 0.717) is 0 Å². The summed E-state index contributed by atoms with van der Waals surface area (Å²) in [6.07, 6.45) is 0. The Bertz CT molecular complexity index is 310. The Labute approximate surface area is 113 Å². The second-order valence-corrected chi connectivity index (χ2v) is 6.19. The van der Waals surface area contributed by atoms with Crippen LogP contribution in [0.15, 0.2) is 0 Å². The molecule has 0 aromatic heterocycles. The Morgan fingerprint density at radius 2 is 1.07 bits per heavy atom. The molecule has 0 aromatic rings. The maximum atomic E-state index is 10.8. The van der Waals surface area contributed by atoms with E-state index in [1.165, 1.54) is 13.8 Å². The first-order valence-corrected chi connectivity index (χ1v) is 7.22. The SMILES string of the molecule is CCS(=O)(=O)OCCOS(=O)(=O)CC.[Na]. The van der Waals surface area contributed by atoms with Crippen molar-refractivity contribution in [2.45, 2.75) is 13.8 Å². The summed E-state index contributed by atoms with van der Waals surface area (Å²) in [5, 5.41) is 0. The maximum Gasteiger partial charge on any atom is 0.267 e. The maximum absolute atomic E-state index is 10.8. The third-order valence-electron chi connectivity index (χ3n) is 1.32. The van der Waals surface area contributed by atoms with E-state index in [-0.39, 0.29) is 54.3 Å². The number of hydrogen-bond acceptors (Lipinski definition) is 6. The Hall–Kier alpha value is 0.820. The van der Waals surface area contributed by atoms with Crippen LogP contribution in [0.3, 0.4) is 0 Å². The van der Waals surface area contributed by atoms with E-state index in [9.17, 15) is 16.8 Å². The summed E-state index contributed by atoms with van der Waals surface area (Å²) in [6.45, 7) is 2.29. The van der Waals surface area contributed by atoms with E-state index in [1.54, 1.807) is 0 Å². The van der Waals surface area contributed by atoms with Crippen molar-refractivity contribution in [3.8, 4) is 0 Å². The van der Waals surface area contributed by atoms with Gasteiger partial charge in [-0.05, 0) is 13.8 Å². The minimum atomic E-state index is -3.52. The van der Waals surface area contributed by atoms with Gasteiger partial charge < -0.3 is 0 Å². The van der Waals surface area contributed by atoms with Gasteiger partial charge in [-0.1, -0.05) is 0 Å². The third kappa shape index (κ3) is 9.73. The van der Waals surface area contributed by atoms with Crippen LogP contribution in [0.5, 0.6) is 0 Å². The van der Waals surface area contributed by atoms with Gasteiger partial charge in [-0.2, -0.15) is 16.8 Å². The van der Waals surface area contributed by atoms with Gasteiger partial charge in [-0.3, -0.25) is 8.37 Å². The summed E-state index contributed by atoms with van der Waals surface area (Å²) in [4.78, 5) is 0. The van der Waals surface area contributed by atoms with E-state index in [0.717, 1.165) is 0 Å². The molecule has 87 valence electrons. The molecule has 0 rings (SSSR count). The first-order chi connectivity index (χ1) is 6.33. The molecular formula is C6H14NaO6S2. The quantitative estimate of drug-likeness (QED) is 0.346. The summed E-state index contributed by atoms with van der Waals surface area (Å²) in [7, 11) is -7.04. The molecule has 0 atom stereocenters. The molecule has 0 amide bonds. The summed E-state index contributed by atoms with van der Waals surface area (Å²) in [5.74, 6) is -0.291. The molecular weight excluding hydrogens is 255 g/mol. The van der Waals surface area contributed by atoms with Gasteiger partial charge in [0.05, 0.1) is 24.7 Å². The largest absolute Gasteiger partial charge is 0.268 e. The topological polar surface area (TPSA) is 86.7 Å². The molecule has 1 radical (unpaired) electrons. The van der Waals surface area contributed by atoms with Crippen LogP contribution in [0.1, 0.15) is 13.8 Å². The molecule has 0 N–H and O–H groups in total. The van der Waals surface area contributed by atoms with Crippen molar-refractivity contribution in [2.75, 3.05) is 24.7 Å². The molecule has 0 saturated heterocycles. The fraction of sp³-hybridized carbons (Fsp3) is 1.00. The molecule has 0 bridgehead atoms. The summed E-state index contributed by atoms with van der Waals surface area (Å²) < 4.78 is 51.9. The van der Waals surface area contributed by atoms with E-state index in [4.69, 9.17) is 0 Å². The summed E-state index contributed by atoms with van der Waals surface area (Å²) in [6, 6.07) is 0. The zero-order valence-electron chi connectivity index (χ0n) is 9.09. The second kappa shape index (κ2) is 7.99.